The second kappa shape index (κ2) is 12.4. The molecule has 2 amide bonds. The van der Waals surface area contributed by atoms with Crippen LogP contribution in [0.4, 0.5) is 16.4 Å². The molecular formula is C30H33N7O4. The van der Waals surface area contributed by atoms with Crippen molar-refractivity contribution < 1.29 is 19.1 Å². The van der Waals surface area contributed by atoms with Crippen molar-refractivity contribution in [1.29, 1.82) is 0 Å². The fraction of sp³-hybridized carbons (Fsp3) is 0.300. The summed E-state index contributed by atoms with van der Waals surface area (Å²) in [6.07, 6.45) is 10.2. The van der Waals surface area contributed by atoms with Crippen LogP contribution in [0.5, 0.6) is 5.75 Å². The molecule has 1 atom stereocenters. The Bertz CT molecular complexity index is 1600. The monoisotopic (exact) mass is 555 g/mol. The Morgan fingerprint density at radius 3 is 2.63 bits per heavy atom. The minimum absolute atomic E-state index is 0.199. The highest BCUT2D eigenvalue weighted by Crippen LogP contribution is 2.30. The van der Waals surface area contributed by atoms with E-state index in [-0.39, 0.29) is 19.1 Å². The van der Waals surface area contributed by atoms with Gasteiger partial charge in [0.15, 0.2) is 0 Å². The molecule has 1 unspecified atom stereocenters. The Hall–Kier alpha value is -5.11. The van der Waals surface area contributed by atoms with Crippen molar-refractivity contribution in [2.45, 2.75) is 39.3 Å². The van der Waals surface area contributed by atoms with Crippen LogP contribution in [-0.2, 0) is 16.6 Å². The number of amides is 2. The van der Waals surface area contributed by atoms with E-state index in [9.17, 15) is 9.59 Å². The van der Waals surface area contributed by atoms with Gasteiger partial charge in [0.05, 0.1) is 18.3 Å². The Labute approximate surface area is 238 Å². The predicted octanol–water partition coefficient (Wildman–Crippen LogP) is 4.16. The van der Waals surface area contributed by atoms with Crippen molar-refractivity contribution in [1.82, 2.24) is 30.4 Å². The first kappa shape index (κ1) is 28.9. The minimum Gasteiger partial charge on any atom is -0.492 e. The summed E-state index contributed by atoms with van der Waals surface area (Å²) in [6, 6.07) is 10.4. The van der Waals surface area contributed by atoms with Gasteiger partial charge in [-0.2, -0.15) is 5.10 Å². The number of nitrogens with one attached hydrogen (secondary N) is 3. The number of hydrogen-bond acceptors (Lipinski definition) is 8. The van der Waals surface area contributed by atoms with Crippen LogP contribution in [0.25, 0.3) is 22.0 Å². The average molecular weight is 556 g/mol. The summed E-state index contributed by atoms with van der Waals surface area (Å²) in [7, 11) is 1.85. The zero-order valence-corrected chi connectivity index (χ0v) is 23.7. The van der Waals surface area contributed by atoms with Gasteiger partial charge in [-0.15, -0.1) is 6.42 Å². The number of hydrogen-bond donors (Lipinski definition) is 3. The molecule has 0 aliphatic carbocycles. The van der Waals surface area contributed by atoms with Crippen molar-refractivity contribution in [3.63, 3.8) is 0 Å². The van der Waals surface area contributed by atoms with Crippen molar-refractivity contribution in [3.05, 3.63) is 60.6 Å². The van der Waals surface area contributed by atoms with E-state index >= 15 is 0 Å². The molecule has 0 saturated carbocycles. The number of nitrogens with zero attached hydrogens (tertiary/aromatic N) is 4. The second-order valence-corrected chi connectivity index (χ2v) is 10.4. The molecule has 4 rings (SSSR count). The van der Waals surface area contributed by atoms with E-state index in [0.717, 1.165) is 27.6 Å². The topological polar surface area (TPSA) is 132 Å². The Morgan fingerprint density at radius 2 is 1.93 bits per heavy atom. The number of carbonyl (C=O) groups excluding carboxylic acids is 2. The molecule has 3 N–H and O–H groups in total. The van der Waals surface area contributed by atoms with E-state index < -0.39 is 17.7 Å². The maximum Gasteiger partial charge on any atom is 0.408 e. The van der Waals surface area contributed by atoms with Gasteiger partial charge in [0, 0.05) is 47.7 Å². The summed E-state index contributed by atoms with van der Waals surface area (Å²) in [4.78, 5) is 33.4. The number of carbonyl (C=O) groups is 2. The van der Waals surface area contributed by atoms with Gasteiger partial charge in [0.2, 0.25) is 11.9 Å². The number of aromatic nitrogens is 4. The molecule has 4 aromatic rings. The summed E-state index contributed by atoms with van der Waals surface area (Å²) in [5.41, 5.74) is 3.35. The van der Waals surface area contributed by atoms with Crippen LogP contribution >= 0.6 is 0 Å². The molecule has 0 bridgehead atoms. The first-order valence-corrected chi connectivity index (χ1v) is 13.0. The van der Waals surface area contributed by atoms with Crippen LogP contribution in [-0.4, -0.2) is 56.5 Å². The molecule has 11 heteroatoms. The molecule has 0 fully saturated rings. The maximum atomic E-state index is 12.4. The third kappa shape index (κ3) is 8.19. The van der Waals surface area contributed by atoms with E-state index in [1.165, 1.54) is 0 Å². The van der Waals surface area contributed by atoms with Crippen LogP contribution in [0, 0.1) is 12.3 Å². The van der Waals surface area contributed by atoms with Crippen molar-refractivity contribution in [2.75, 3.05) is 18.5 Å². The van der Waals surface area contributed by atoms with E-state index in [1.807, 2.05) is 49.6 Å². The van der Waals surface area contributed by atoms with Gasteiger partial charge >= 0.3 is 6.09 Å². The SMILES string of the molecule is C#Cc1ccc2nc(Nc3cc(OCCNC(=O)C(C)NC(=O)OC(C)(C)C)cc(-c4cnn(C)c4)c3)ncc2c1. The first-order chi connectivity index (χ1) is 19.5. The van der Waals surface area contributed by atoms with Crippen LogP contribution in [0.15, 0.2) is 55.0 Å². The van der Waals surface area contributed by atoms with Gasteiger partial charge in [0.1, 0.15) is 24.0 Å². The Kier molecular flexibility index (Phi) is 8.72. The molecule has 11 nitrogen and oxygen atoms in total. The molecule has 212 valence electrons. The summed E-state index contributed by atoms with van der Waals surface area (Å²) < 4.78 is 12.9. The minimum atomic E-state index is -0.769. The van der Waals surface area contributed by atoms with E-state index in [0.29, 0.717) is 17.4 Å². The maximum absolute atomic E-state index is 12.4. The van der Waals surface area contributed by atoms with Crippen molar-refractivity contribution in [3.8, 4) is 29.2 Å². The average Bonchev–Trinajstić information content (AvgIpc) is 3.35. The van der Waals surface area contributed by atoms with Gasteiger partial charge in [-0.25, -0.2) is 14.8 Å². The smallest absolute Gasteiger partial charge is 0.408 e. The highest BCUT2D eigenvalue weighted by molar-refractivity contribution is 5.85. The molecule has 2 heterocycles. The Morgan fingerprint density at radius 1 is 1.12 bits per heavy atom. The zero-order valence-electron chi connectivity index (χ0n) is 23.7. The lowest BCUT2D eigenvalue weighted by Crippen LogP contribution is -2.47. The van der Waals surface area contributed by atoms with Gasteiger partial charge < -0.3 is 25.4 Å². The summed E-state index contributed by atoms with van der Waals surface area (Å²) >= 11 is 0. The second-order valence-electron chi connectivity index (χ2n) is 10.4. The number of ether oxygens (including phenoxy) is 2. The first-order valence-electron chi connectivity index (χ1n) is 13.0. The predicted molar refractivity (Wildman–Crippen MR) is 157 cm³/mol. The number of alkyl carbamates (subject to hydrolysis) is 1. The molecule has 2 aromatic heterocycles. The van der Waals surface area contributed by atoms with Gasteiger partial charge in [-0.05, 0) is 63.6 Å². The van der Waals surface area contributed by atoms with E-state index in [2.05, 4.69) is 36.9 Å². The summed E-state index contributed by atoms with van der Waals surface area (Å²) in [6.45, 7) is 7.27. The largest absolute Gasteiger partial charge is 0.492 e. The fourth-order valence-corrected chi connectivity index (χ4v) is 3.85. The highest BCUT2D eigenvalue weighted by Gasteiger charge is 2.20. The number of benzene rings is 2. The number of fused-ring (bicyclic) bond motifs is 1. The lowest BCUT2D eigenvalue weighted by Gasteiger charge is -2.21. The number of terminal acetylenes is 1. The normalized spacial score (nSPS) is 11.8. The van der Waals surface area contributed by atoms with E-state index in [1.54, 1.807) is 44.8 Å². The molecule has 0 aliphatic rings. The van der Waals surface area contributed by atoms with Gasteiger partial charge in [-0.1, -0.05) is 5.92 Å². The van der Waals surface area contributed by atoms with Crippen LogP contribution < -0.4 is 20.7 Å². The molecule has 0 spiro atoms. The molecule has 0 aliphatic heterocycles. The standard InChI is InChI=1S/C30H33N7O4/c1-7-20-8-9-26-22(12-20)16-32-28(36-26)35-24-13-21(23-17-33-37(6)18-23)14-25(15-24)40-11-10-31-27(38)19(2)34-29(39)41-30(3,4)5/h1,8-9,12-19H,10-11H2,2-6H3,(H,31,38)(H,34,39)(H,32,35,36). The fourth-order valence-electron chi connectivity index (χ4n) is 3.85. The third-order valence-corrected chi connectivity index (χ3v) is 5.74. The van der Waals surface area contributed by atoms with Crippen molar-refractivity contribution in [2.24, 2.45) is 7.05 Å². The summed E-state index contributed by atoms with van der Waals surface area (Å²) in [5, 5.41) is 13.6. The summed E-state index contributed by atoms with van der Waals surface area (Å²) in [5.74, 6) is 3.25. The molecule has 41 heavy (non-hydrogen) atoms. The quantitative estimate of drug-likeness (QED) is 0.207. The van der Waals surface area contributed by atoms with Crippen molar-refractivity contribution >= 4 is 34.5 Å². The number of rotatable bonds is 9. The highest BCUT2D eigenvalue weighted by atomic mass is 16.6. The Balaban J connectivity index is 1.42. The molecule has 2 aromatic carbocycles. The van der Waals surface area contributed by atoms with Crippen LogP contribution in [0.3, 0.4) is 0 Å². The van der Waals surface area contributed by atoms with Gasteiger partial charge in [0.25, 0.3) is 0 Å². The van der Waals surface area contributed by atoms with Crippen LogP contribution in [0.1, 0.15) is 33.3 Å². The number of aryl methyl sites for hydroxylation is 1. The van der Waals surface area contributed by atoms with E-state index in [4.69, 9.17) is 15.9 Å². The molecular weight excluding hydrogens is 522 g/mol. The van der Waals surface area contributed by atoms with Crippen LogP contribution in [0.2, 0.25) is 0 Å². The van der Waals surface area contributed by atoms with Gasteiger partial charge in [-0.3, -0.25) is 9.48 Å². The zero-order chi connectivity index (χ0) is 29.6. The third-order valence-electron chi connectivity index (χ3n) is 5.74. The lowest BCUT2D eigenvalue weighted by atomic mass is 10.1. The number of anilines is 2. The molecule has 0 saturated heterocycles. The lowest BCUT2D eigenvalue weighted by molar-refractivity contribution is -0.122. The molecule has 0 radical (unpaired) electrons.